The second-order valence-electron chi connectivity index (χ2n) is 3.99. The van der Waals surface area contributed by atoms with Gasteiger partial charge in [0, 0.05) is 19.3 Å². The Hall–Kier alpha value is -0.300. The molecule has 56 valence electrons. The van der Waals surface area contributed by atoms with Crippen LogP contribution in [-0.2, 0) is 0 Å². The summed E-state index contributed by atoms with van der Waals surface area (Å²) in [6.07, 6.45) is 4.09. The van der Waals surface area contributed by atoms with Gasteiger partial charge in [-0.05, 0) is 5.57 Å². The van der Waals surface area contributed by atoms with E-state index in [2.05, 4.69) is 13.6 Å². The van der Waals surface area contributed by atoms with E-state index in [0.717, 1.165) is 6.04 Å². The number of likely N-dealkylation sites (N-methyl/N-ethyl adjacent to an activating group) is 1. The maximum atomic E-state index is 4.13. The topological polar surface area (TPSA) is 0 Å². The minimum atomic E-state index is 0.833. The summed E-state index contributed by atoms with van der Waals surface area (Å²) in [4.78, 5) is 0. The van der Waals surface area contributed by atoms with Gasteiger partial charge in [-0.25, -0.2) is 0 Å². The molecule has 0 saturated carbocycles. The minimum absolute atomic E-state index is 0.833. The van der Waals surface area contributed by atoms with E-state index in [-0.39, 0.29) is 0 Å². The van der Waals surface area contributed by atoms with Gasteiger partial charge in [0.05, 0.1) is 20.1 Å². The molecular formula is C9H16N+. The molecule has 2 heterocycles. The Labute approximate surface area is 62.9 Å². The second-order valence-corrected chi connectivity index (χ2v) is 3.99. The Morgan fingerprint density at radius 3 is 3.00 bits per heavy atom. The predicted molar refractivity (Wildman–Crippen MR) is 42.7 cm³/mol. The Bertz CT molecular complexity index is 174. The van der Waals surface area contributed by atoms with E-state index in [1.54, 1.807) is 0 Å². The van der Waals surface area contributed by atoms with E-state index in [1.807, 2.05) is 0 Å². The van der Waals surface area contributed by atoms with E-state index in [1.165, 1.54) is 42.4 Å². The van der Waals surface area contributed by atoms with E-state index < -0.39 is 0 Å². The fourth-order valence-electron chi connectivity index (χ4n) is 2.59. The third kappa shape index (κ3) is 0.671. The van der Waals surface area contributed by atoms with Crippen molar-refractivity contribution in [1.29, 1.82) is 0 Å². The molecule has 2 atom stereocenters. The van der Waals surface area contributed by atoms with Gasteiger partial charge in [-0.2, -0.15) is 0 Å². The maximum Gasteiger partial charge on any atom is 0.111 e. The summed E-state index contributed by atoms with van der Waals surface area (Å²) in [5.41, 5.74) is 1.51. The maximum absolute atomic E-state index is 4.13. The highest BCUT2D eigenvalue weighted by atomic mass is 15.4. The molecule has 0 radical (unpaired) electrons. The lowest BCUT2D eigenvalue weighted by Crippen LogP contribution is -2.43. The SMILES string of the molecule is C=C1CC[N+]2(C)CCC[C@@H]12. The summed E-state index contributed by atoms with van der Waals surface area (Å²) in [6.45, 7) is 6.87. The van der Waals surface area contributed by atoms with Crippen molar-refractivity contribution < 1.29 is 4.48 Å². The number of nitrogens with zero attached hydrogens (tertiary/aromatic N) is 1. The molecule has 0 spiro atoms. The molecule has 0 bridgehead atoms. The first-order valence-electron chi connectivity index (χ1n) is 4.24. The average molecular weight is 138 g/mol. The van der Waals surface area contributed by atoms with Crippen LogP contribution in [0.1, 0.15) is 19.3 Å². The molecule has 10 heavy (non-hydrogen) atoms. The third-order valence-corrected chi connectivity index (χ3v) is 3.31. The van der Waals surface area contributed by atoms with Crippen LogP contribution in [0.25, 0.3) is 0 Å². The summed E-state index contributed by atoms with van der Waals surface area (Å²) in [5, 5.41) is 0. The van der Waals surface area contributed by atoms with Crippen LogP contribution in [0.5, 0.6) is 0 Å². The van der Waals surface area contributed by atoms with Crippen molar-refractivity contribution in [3.8, 4) is 0 Å². The number of hydrogen-bond acceptors (Lipinski definition) is 0. The lowest BCUT2D eigenvalue weighted by atomic mass is 10.1. The van der Waals surface area contributed by atoms with Gasteiger partial charge in [0.25, 0.3) is 0 Å². The Balaban J connectivity index is 2.27. The first-order chi connectivity index (χ1) is 4.72. The molecule has 0 aromatic carbocycles. The largest absolute Gasteiger partial charge is 0.320 e. The highest BCUT2D eigenvalue weighted by Gasteiger charge is 2.44. The number of hydrogen-bond donors (Lipinski definition) is 0. The fourth-order valence-corrected chi connectivity index (χ4v) is 2.59. The van der Waals surface area contributed by atoms with E-state index in [4.69, 9.17) is 0 Å². The van der Waals surface area contributed by atoms with Gasteiger partial charge in [0.1, 0.15) is 6.04 Å². The zero-order valence-electron chi connectivity index (χ0n) is 6.77. The van der Waals surface area contributed by atoms with Crippen LogP contribution in [0.2, 0.25) is 0 Å². The molecule has 2 rings (SSSR count). The minimum Gasteiger partial charge on any atom is -0.320 e. The molecule has 0 aliphatic carbocycles. The van der Waals surface area contributed by atoms with Gasteiger partial charge < -0.3 is 4.48 Å². The Morgan fingerprint density at radius 1 is 1.50 bits per heavy atom. The quantitative estimate of drug-likeness (QED) is 0.352. The van der Waals surface area contributed by atoms with Crippen LogP contribution in [0.15, 0.2) is 12.2 Å². The molecule has 2 fully saturated rings. The summed E-state index contributed by atoms with van der Waals surface area (Å²) in [7, 11) is 2.38. The van der Waals surface area contributed by atoms with E-state index in [0.29, 0.717) is 0 Å². The molecule has 2 aliphatic heterocycles. The number of rotatable bonds is 0. The standard InChI is InChI=1S/C9H16N/c1-8-5-7-10(2)6-3-4-9(8)10/h9H,1,3-7H2,2H3/q+1/t9-,10?/m0/s1. The van der Waals surface area contributed by atoms with Crippen molar-refractivity contribution >= 4 is 0 Å². The predicted octanol–water partition coefficient (Wildman–Crippen LogP) is 1.56. The number of quaternary nitrogens is 1. The van der Waals surface area contributed by atoms with Crippen molar-refractivity contribution in [3.63, 3.8) is 0 Å². The lowest BCUT2D eigenvalue weighted by Gasteiger charge is -2.29. The molecule has 0 aromatic heterocycles. The van der Waals surface area contributed by atoms with Crippen LogP contribution in [0.4, 0.5) is 0 Å². The van der Waals surface area contributed by atoms with Gasteiger partial charge >= 0.3 is 0 Å². The fraction of sp³-hybridized carbons (Fsp3) is 0.778. The smallest absolute Gasteiger partial charge is 0.111 e. The second kappa shape index (κ2) is 1.85. The number of fused-ring (bicyclic) bond motifs is 1. The van der Waals surface area contributed by atoms with E-state index >= 15 is 0 Å². The highest BCUT2D eigenvalue weighted by molar-refractivity contribution is 5.08. The molecule has 2 aliphatic rings. The molecule has 0 N–H and O–H groups in total. The van der Waals surface area contributed by atoms with E-state index in [9.17, 15) is 0 Å². The average Bonchev–Trinajstić information content (AvgIpc) is 2.35. The van der Waals surface area contributed by atoms with Crippen molar-refractivity contribution in [3.05, 3.63) is 12.2 Å². The van der Waals surface area contributed by atoms with Crippen LogP contribution in [0, 0.1) is 0 Å². The highest BCUT2D eigenvalue weighted by Crippen LogP contribution is 2.36. The summed E-state index contributed by atoms with van der Waals surface area (Å²) in [6, 6.07) is 0.833. The normalized spacial score (nSPS) is 46.1. The first kappa shape index (κ1) is 6.41. The monoisotopic (exact) mass is 138 g/mol. The Kier molecular flexibility index (Phi) is 1.19. The summed E-state index contributed by atoms with van der Waals surface area (Å²) in [5.74, 6) is 0. The molecule has 1 heteroatoms. The summed E-state index contributed by atoms with van der Waals surface area (Å²) < 4.78 is 1.30. The van der Waals surface area contributed by atoms with Crippen molar-refractivity contribution in [2.45, 2.75) is 25.3 Å². The molecule has 0 amide bonds. The zero-order valence-corrected chi connectivity index (χ0v) is 6.77. The zero-order chi connectivity index (χ0) is 7.19. The summed E-state index contributed by atoms with van der Waals surface area (Å²) >= 11 is 0. The molecule has 1 unspecified atom stereocenters. The molecular weight excluding hydrogens is 122 g/mol. The lowest BCUT2D eigenvalue weighted by molar-refractivity contribution is -0.905. The third-order valence-electron chi connectivity index (χ3n) is 3.31. The van der Waals surface area contributed by atoms with Crippen LogP contribution >= 0.6 is 0 Å². The molecule has 1 nitrogen and oxygen atoms in total. The van der Waals surface area contributed by atoms with Crippen molar-refractivity contribution in [2.75, 3.05) is 20.1 Å². The van der Waals surface area contributed by atoms with Gasteiger partial charge in [0.2, 0.25) is 0 Å². The molecule has 0 aromatic rings. The Morgan fingerprint density at radius 2 is 2.30 bits per heavy atom. The van der Waals surface area contributed by atoms with Crippen molar-refractivity contribution in [2.24, 2.45) is 0 Å². The van der Waals surface area contributed by atoms with Gasteiger partial charge in [-0.1, -0.05) is 6.58 Å². The van der Waals surface area contributed by atoms with Crippen LogP contribution in [-0.4, -0.2) is 30.7 Å². The van der Waals surface area contributed by atoms with Gasteiger partial charge in [-0.3, -0.25) is 0 Å². The first-order valence-corrected chi connectivity index (χ1v) is 4.24. The van der Waals surface area contributed by atoms with Crippen LogP contribution < -0.4 is 0 Å². The van der Waals surface area contributed by atoms with Crippen molar-refractivity contribution in [1.82, 2.24) is 0 Å². The van der Waals surface area contributed by atoms with Crippen LogP contribution in [0.3, 0.4) is 0 Å². The molecule has 2 saturated heterocycles. The van der Waals surface area contributed by atoms with Gasteiger partial charge in [0.15, 0.2) is 0 Å². The van der Waals surface area contributed by atoms with Gasteiger partial charge in [-0.15, -0.1) is 0 Å².